The maximum absolute atomic E-state index is 14.0. The number of fused-ring (bicyclic) bond motifs is 1. The quantitative estimate of drug-likeness (QED) is 0.499. The second-order valence-electron chi connectivity index (χ2n) is 12.2. The first-order valence-corrected chi connectivity index (χ1v) is 14.2. The average molecular weight is 521 g/mol. The minimum absolute atomic E-state index is 0.127. The highest BCUT2D eigenvalue weighted by Crippen LogP contribution is 2.41. The van der Waals surface area contributed by atoms with E-state index < -0.39 is 5.91 Å². The van der Waals surface area contributed by atoms with Crippen LogP contribution in [-0.2, 0) is 17.6 Å². The summed E-state index contributed by atoms with van der Waals surface area (Å²) in [6.07, 6.45) is 6.44. The topological polar surface area (TPSA) is 106 Å². The van der Waals surface area contributed by atoms with Crippen molar-refractivity contribution in [3.05, 3.63) is 40.7 Å². The van der Waals surface area contributed by atoms with Crippen molar-refractivity contribution in [1.29, 1.82) is 0 Å². The minimum atomic E-state index is -0.464. The number of nitrogens with one attached hydrogen (secondary N) is 1. The number of hydrogen-bond donors (Lipinski definition) is 2. The molecule has 9 heteroatoms. The van der Waals surface area contributed by atoms with Crippen molar-refractivity contribution in [1.82, 2.24) is 19.6 Å². The first kappa shape index (κ1) is 25.4. The fraction of sp³-hybridized carbons (Fsp3) is 0.621. The van der Waals surface area contributed by atoms with E-state index in [2.05, 4.69) is 29.0 Å². The Bertz CT molecular complexity index is 1220. The second-order valence-corrected chi connectivity index (χ2v) is 12.2. The number of anilines is 1. The van der Waals surface area contributed by atoms with Gasteiger partial charge in [-0.15, -0.1) is 0 Å². The fourth-order valence-corrected chi connectivity index (χ4v) is 5.87. The molecule has 2 amide bonds. The fourth-order valence-electron chi connectivity index (χ4n) is 5.87. The second kappa shape index (κ2) is 10.0. The number of rotatable bonds is 10. The van der Waals surface area contributed by atoms with E-state index in [9.17, 15) is 9.59 Å². The molecule has 1 aromatic heterocycles. The van der Waals surface area contributed by atoms with Gasteiger partial charge in [-0.2, -0.15) is 5.10 Å². The Morgan fingerprint density at radius 1 is 1.16 bits per heavy atom. The molecular weight excluding hydrogens is 480 g/mol. The third-order valence-electron chi connectivity index (χ3n) is 8.52. The molecule has 2 aromatic rings. The highest BCUT2D eigenvalue weighted by molar-refractivity contribution is 6.00. The van der Waals surface area contributed by atoms with Crippen molar-refractivity contribution in [2.45, 2.75) is 57.9 Å². The van der Waals surface area contributed by atoms with Crippen LogP contribution in [0.25, 0.3) is 5.69 Å². The summed E-state index contributed by atoms with van der Waals surface area (Å²) in [6, 6.07) is 5.63. The van der Waals surface area contributed by atoms with E-state index >= 15 is 0 Å². The van der Waals surface area contributed by atoms with Gasteiger partial charge in [0.15, 0.2) is 0 Å². The molecule has 3 N–H and O–H groups in total. The molecule has 1 saturated heterocycles. The summed E-state index contributed by atoms with van der Waals surface area (Å²) in [5, 5.41) is 8.50. The monoisotopic (exact) mass is 520 g/mol. The lowest BCUT2D eigenvalue weighted by atomic mass is 9.87. The van der Waals surface area contributed by atoms with Crippen LogP contribution in [0, 0.1) is 11.8 Å². The summed E-state index contributed by atoms with van der Waals surface area (Å²) in [6.45, 7) is 10.1. The molecule has 2 aliphatic carbocycles. The normalized spacial score (nSPS) is 21.4. The van der Waals surface area contributed by atoms with Crippen molar-refractivity contribution >= 4 is 17.5 Å². The van der Waals surface area contributed by atoms with Crippen LogP contribution in [0.15, 0.2) is 18.2 Å². The summed E-state index contributed by atoms with van der Waals surface area (Å²) in [4.78, 5) is 30.6. The predicted octanol–water partition coefficient (Wildman–Crippen LogP) is 2.85. The van der Waals surface area contributed by atoms with Crippen molar-refractivity contribution < 1.29 is 14.3 Å². The predicted molar refractivity (Wildman–Crippen MR) is 146 cm³/mol. The number of nitrogens with two attached hydrogens (primary N) is 1. The number of morpholine rings is 1. The van der Waals surface area contributed by atoms with E-state index in [1.165, 1.54) is 25.7 Å². The van der Waals surface area contributed by atoms with Crippen LogP contribution in [0.4, 0.5) is 5.69 Å². The van der Waals surface area contributed by atoms with Crippen LogP contribution < -0.4 is 11.1 Å². The molecule has 0 unspecified atom stereocenters. The van der Waals surface area contributed by atoms with Crippen LogP contribution in [0.3, 0.4) is 0 Å². The van der Waals surface area contributed by atoms with Gasteiger partial charge in [0.1, 0.15) is 0 Å². The molecule has 204 valence electrons. The lowest BCUT2D eigenvalue weighted by Gasteiger charge is -2.42. The third-order valence-corrected chi connectivity index (χ3v) is 8.52. The Labute approximate surface area is 224 Å². The van der Waals surface area contributed by atoms with Gasteiger partial charge >= 0.3 is 0 Å². The molecule has 4 aliphatic rings. The molecule has 3 fully saturated rings. The molecule has 2 saturated carbocycles. The highest BCUT2D eigenvalue weighted by Gasteiger charge is 2.44. The Morgan fingerprint density at radius 3 is 2.58 bits per heavy atom. The van der Waals surface area contributed by atoms with E-state index in [1.807, 2.05) is 16.8 Å². The maximum Gasteiger partial charge on any atom is 0.258 e. The molecule has 0 radical (unpaired) electrons. The van der Waals surface area contributed by atoms with E-state index in [-0.39, 0.29) is 11.4 Å². The Balaban J connectivity index is 1.33. The van der Waals surface area contributed by atoms with Gasteiger partial charge in [0.05, 0.1) is 41.4 Å². The molecule has 9 nitrogen and oxygen atoms in total. The molecule has 0 spiro atoms. The standard InChI is InChI=1S/C29H40N6O3/c1-29(2)17-25-26(28(37)34(29)18-20-5-6-20)24(15-19-3-4-19)32-35(25)21-7-8-22(27(30)36)23(16-21)31-9-10-33-11-13-38-14-12-33/h7-8,16,19-20,31H,3-6,9-15,17-18H2,1-2H3,(H2,30,36). The number of benzene rings is 1. The van der Waals surface area contributed by atoms with Crippen LogP contribution in [0.1, 0.15) is 71.6 Å². The first-order chi connectivity index (χ1) is 18.3. The largest absolute Gasteiger partial charge is 0.383 e. The van der Waals surface area contributed by atoms with Crippen molar-refractivity contribution in [2.24, 2.45) is 17.6 Å². The SMILES string of the molecule is CC1(C)Cc2c(c(CC3CC3)nn2-c2ccc(C(N)=O)c(NCCN3CCOCC3)c2)C(=O)N1CC1CC1. The maximum atomic E-state index is 14.0. The number of carbonyl (C=O) groups is 2. The number of carbonyl (C=O) groups excluding carboxylic acids is 2. The number of ether oxygens (including phenoxy) is 1. The van der Waals surface area contributed by atoms with Gasteiger partial charge < -0.3 is 20.7 Å². The van der Waals surface area contributed by atoms with Gasteiger partial charge in [0, 0.05) is 50.4 Å². The Kier molecular flexibility index (Phi) is 6.68. The van der Waals surface area contributed by atoms with Gasteiger partial charge in [0.2, 0.25) is 0 Å². The molecule has 3 heterocycles. The third kappa shape index (κ3) is 5.18. The van der Waals surface area contributed by atoms with Crippen LogP contribution in [-0.4, -0.2) is 82.9 Å². The van der Waals surface area contributed by atoms with Gasteiger partial charge in [-0.1, -0.05) is 0 Å². The van der Waals surface area contributed by atoms with Gasteiger partial charge in [-0.05, 0) is 76.0 Å². The molecule has 0 atom stereocenters. The molecule has 1 aromatic carbocycles. The number of amides is 2. The lowest BCUT2D eigenvalue weighted by molar-refractivity contribution is 0.0398. The number of nitrogens with zero attached hydrogens (tertiary/aromatic N) is 4. The summed E-state index contributed by atoms with van der Waals surface area (Å²) in [7, 11) is 0. The molecule has 0 bridgehead atoms. The molecule has 2 aliphatic heterocycles. The average Bonchev–Trinajstić information content (AvgIpc) is 3.81. The van der Waals surface area contributed by atoms with Gasteiger partial charge in [-0.25, -0.2) is 4.68 Å². The first-order valence-electron chi connectivity index (χ1n) is 14.2. The Morgan fingerprint density at radius 2 is 1.89 bits per heavy atom. The molecule has 38 heavy (non-hydrogen) atoms. The summed E-state index contributed by atoms with van der Waals surface area (Å²) < 4.78 is 7.40. The smallest absolute Gasteiger partial charge is 0.258 e. The Hall–Kier alpha value is -2.91. The van der Waals surface area contributed by atoms with Gasteiger partial charge in [0.25, 0.3) is 11.8 Å². The summed E-state index contributed by atoms with van der Waals surface area (Å²) in [5.41, 5.74) is 10.2. The van der Waals surface area contributed by atoms with Crippen LogP contribution >= 0.6 is 0 Å². The summed E-state index contributed by atoms with van der Waals surface area (Å²) >= 11 is 0. The lowest BCUT2D eigenvalue weighted by Crippen LogP contribution is -2.53. The van der Waals surface area contributed by atoms with E-state index in [0.717, 1.165) is 74.9 Å². The highest BCUT2D eigenvalue weighted by atomic mass is 16.5. The molecular formula is C29H40N6O3. The van der Waals surface area contributed by atoms with Gasteiger partial charge in [-0.3, -0.25) is 14.5 Å². The number of aromatic nitrogens is 2. The zero-order valence-corrected chi connectivity index (χ0v) is 22.7. The summed E-state index contributed by atoms with van der Waals surface area (Å²) in [5.74, 6) is 0.919. The van der Waals surface area contributed by atoms with E-state index in [0.29, 0.717) is 29.6 Å². The number of hydrogen-bond acceptors (Lipinski definition) is 6. The van der Waals surface area contributed by atoms with Crippen molar-refractivity contribution in [3.8, 4) is 5.69 Å². The number of primary amides is 1. The minimum Gasteiger partial charge on any atom is -0.383 e. The van der Waals surface area contributed by atoms with E-state index in [1.54, 1.807) is 6.07 Å². The van der Waals surface area contributed by atoms with E-state index in [4.69, 9.17) is 15.6 Å². The van der Waals surface area contributed by atoms with Crippen LogP contribution in [0.5, 0.6) is 0 Å². The molecule has 6 rings (SSSR count). The zero-order valence-electron chi connectivity index (χ0n) is 22.7. The van der Waals surface area contributed by atoms with Crippen molar-refractivity contribution in [3.63, 3.8) is 0 Å². The zero-order chi connectivity index (χ0) is 26.4. The van der Waals surface area contributed by atoms with Crippen molar-refractivity contribution in [2.75, 3.05) is 51.3 Å². The van der Waals surface area contributed by atoms with Crippen LogP contribution in [0.2, 0.25) is 0 Å².